The van der Waals surface area contributed by atoms with Crippen molar-refractivity contribution in [2.24, 2.45) is 4.36 Å². The van der Waals surface area contributed by atoms with E-state index in [0.29, 0.717) is 4.90 Å². The lowest BCUT2D eigenvalue weighted by molar-refractivity contribution is 0.681. The van der Waals surface area contributed by atoms with Gasteiger partial charge in [-0.3, -0.25) is 0 Å². The van der Waals surface area contributed by atoms with Gasteiger partial charge >= 0.3 is 0 Å². The fourth-order valence-electron chi connectivity index (χ4n) is 3.53. The Hall–Kier alpha value is -3.16. The Labute approximate surface area is 179 Å². The number of allylic oxidation sites excluding steroid dienone is 1. The van der Waals surface area contributed by atoms with Gasteiger partial charge in [0, 0.05) is 11.2 Å². The molecule has 0 radical (unpaired) electrons. The molecule has 30 heavy (non-hydrogen) atoms. The highest BCUT2D eigenvalue weighted by Crippen LogP contribution is 2.35. The normalized spacial score (nSPS) is 12.4. The molecule has 0 aliphatic heterocycles. The van der Waals surface area contributed by atoms with E-state index in [1.54, 1.807) is 6.19 Å². The van der Waals surface area contributed by atoms with Gasteiger partial charge in [0.05, 0.1) is 9.73 Å². The SMILES string of the molecule is CCCCC(=C(c1ccccc1)c1ccccc1)c1ccc(S(C)(=O)=NC#N)cc1. The Morgan fingerprint density at radius 1 is 0.867 bits per heavy atom. The summed E-state index contributed by atoms with van der Waals surface area (Å²) in [6.07, 6.45) is 6.29. The number of nitrogens with zero attached hydrogens (tertiary/aromatic N) is 2. The number of benzene rings is 3. The summed E-state index contributed by atoms with van der Waals surface area (Å²) in [6, 6.07) is 28.6. The van der Waals surface area contributed by atoms with Gasteiger partial charge in [0.1, 0.15) is 0 Å². The Kier molecular flexibility index (Phi) is 7.21. The van der Waals surface area contributed by atoms with Gasteiger partial charge in [0.2, 0.25) is 6.19 Å². The molecule has 152 valence electrons. The van der Waals surface area contributed by atoms with Crippen molar-refractivity contribution in [3.8, 4) is 6.19 Å². The molecular weight excluding hydrogens is 388 g/mol. The predicted molar refractivity (Wildman–Crippen MR) is 125 cm³/mol. The molecule has 0 fully saturated rings. The summed E-state index contributed by atoms with van der Waals surface area (Å²) in [5.74, 6) is 0. The lowest BCUT2D eigenvalue weighted by Crippen LogP contribution is -1.99. The standard InChI is InChI=1S/C26H26N2OS/c1-3-4-15-25(21-16-18-24(19-17-21)30(2,29)28-20-27)26(22-11-7-5-8-12-22)23-13-9-6-10-14-23/h5-14,16-19H,3-4,15H2,1-2H3. The Morgan fingerprint density at radius 3 is 1.87 bits per heavy atom. The molecule has 0 aromatic heterocycles. The highest BCUT2D eigenvalue weighted by molar-refractivity contribution is 7.93. The second-order valence-corrected chi connectivity index (χ2v) is 9.47. The van der Waals surface area contributed by atoms with Crippen molar-refractivity contribution in [1.29, 1.82) is 5.26 Å². The summed E-state index contributed by atoms with van der Waals surface area (Å²) in [5.41, 5.74) is 5.94. The van der Waals surface area contributed by atoms with Crippen molar-refractivity contribution >= 4 is 20.9 Å². The first-order valence-electron chi connectivity index (χ1n) is 10.1. The van der Waals surface area contributed by atoms with Crippen LogP contribution in [0.15, 0.2) is 94.2 Å². The smallest absolute Gasteiger partial charge is 0.214 e. The van der Waals surface area contributed by atoms with Crippen molar-refractivity contribution in [3.05, 3.63) is 102 Å². The second kappa shape index (κ2) is 10.0. The monoisotopic (exact) mass is 414 g/mol. The molecule has 1 unspecified atom stereocenters. The Morgan fingerprint density at radius 2 is 1.40 bits per heavy atom. The highest BCUT2D eigenvalue weighted by atomic mass is 32.2. The highest BCUT2D eigenvalue weighted by Gasteiger charge is 2.15. The zero-order valence-electron chi connectivity index (χ0n) is 17.4. The molecule has 0 saturated heterocycles. The van der Waals surface area contributed by atoms with Crippen molar-refractivity contribution in [2.45, 2.75) is 31.1 Å². The molecule has 0 spiro atoms. The van der Waals surface area contributed by atoms with E-state index in [1.807, 2.05) is 36.4 Å². The van der Waals surface area contributed by atoms with Crippen LogP contribution >= 0.6 is 0 Å². The third kappa shape index (κ3) is 5.06. The number of nitriles is 1. The maximum absolute atomic E-state index is 12.6. The predicted octanol–water partition coefficient (Wildman–Crippen LogP) is 6.77. The van der Waals surface area contributed by atoms with Crippen LogP contribution in [0.2, 0.25) is 0 Å². The molecule has 0 bridgehead atoms. The number of hydrogen-bond acceptors (Lipinski definition) is 3. The van der Waals surface area contributed by atoms with Gasteiger partial charge in [0.25, 0.3) is 0 Å². The molecule has 0 aliphatic rings. The van der Waals surface area contributed by atoms with Crippen LogP contribution in [0.3, 0.4) is 0 Å². The molecular formula is C26H26N2OS. The molecule has 4 heteroatoms. The molecule has 0 N–H and O–H groups in total. The Bertz CT molecular complexity index is 1120. The topological polar surface area (TPSA) is 53.2 Å². The average Bonchev–Trinajstić information content (AvgIpc) is 2.78. The number of rotatable bonds is 7. The van der Waals surface area contributed by atoms with Gasteiger partial charge in [-0.05, 0) is 52.8 Å². The molecule has 0 saturated carbocycles. The van der Waals surface area contributed by atoms with Crippen LogP contribution in [0.1, 0.15) is 42.9 Å². The zero-order chi connectivity index (χ0) is 21.4. The molecule has 0 heterocycles. The summed E-state index contributed by atoms with van der Waals surface area (Å²) in [5, 5.41) is 8.82. The van der Waals surface area contributed by atoms with E-state index in [9.17, 15) is 4.21 Å². The van der Waals surface area contributed by atoms with E-state index in [2.05, 4.69) is 59.8 Å². The van der Waals surface area contributed by atoms with Crippen molar-refractivity contribution in [3.63, 3.8) is 0 Å². The first-order valence-corrected chi connectivity index (χ1v) is 12.0. The molecule has 3 aromatic rings. The Balaban J connectivity index is 2.22. The second-order valence-electron chi connectivity index (χ2n) is 7.21. The van der Waals surface area contributed by atoms with E-state index in [4.69, 9.17) is 5.26 Å². The van der Waals surface area contributed by atoms with Crippen LogP contribution in [0, 0.1) is 11.5 Å². The van der Waals surface area contributed by atoms with Crippen LogP contribution < -0.4 is 0 Å². The quantitative estimate of drug-likeness (QED) is 0.316. The summed E-state index contributed by atoms with van der Waals surface area (Å²) in [4.78, 5) is 0.573. The number of hydrogen-bond donors (Lipinski definition) is 0. The minimum atomic E-state index is -2.70. The minimum Gasteiger partial charge on any atom is -0.244 e. The van der Waals surface area contributed by atoms with Gasteiger partial charge in [-0.2, -0.15) is 5.26 Å². The maximum Gasteiger partial charge on any atom is 0.214 e. The largest absolute Gasteiger partial charge is 0.244 e. The van der Waals surface area contributed by atoms with Crippen LogP contribution in [-0.2, 0) is 9.73 Å². The van der Waals surface area contributed by atoms with Crippen LogP contribution in [0.4, 0.5) is 0 Å². The fourth-order valence-corrected chi connectivity index (χ4v) is 4.43. The van der Waals surface area contributed by atoms with Crippen LogP contribution in [-0.4, -0.2) is 10.5 Å². The van der Waals surface area contributed by atoms with Crippen LogP contribution in [0.5, 0.6) is 0 Å². The first kappa shape index (κ1) is 21.5. The molecule has 3 nitrogen and oxygen atoms in total. The van der Waals surface area contributed by atoms with Gasteiger partial charge in [-0.25, -0.2) is 4.21 Å². The van der Waals surface area contributed by atoms with Gasteiger partial charge < -0.3 is 0 Å². The summed E-state index contributed by atoms with van der Waals surface area (Å²) in [7, 11) is -2.70. The van der Waals surface area contributed by atoms with E-state index in [0.717, 1.165) is 24.8 Å². The van der Waals surface area contributed by atoms with Crippen LogP contribution in [0.25, 0.3) is 11.1 Å². The number of unbranched alkanes of at least 4 members (excludes halogenated alkanes) is 1. The first-order chi connectivity index (χ1) is 14.6. The summed E-state index contributed by atoms with van der Waals surface area (Å²) >= 11 is 0. The lowest BCUT2D eigenvalue weighted by atomic mass is 9.87. The molecule has 3 aromatic carbocycles. The third-order valence-corrected chi connectivity index (χ3v) is 6.64. The zero-order valence-corrected chi connectivity index (χ0v) is 18.2. The molecule has 3 rings (SSSR count). The third-order valence-electron chi connectivity index (χ3n) is 5.06. The maximum atomic E-state index is 12.6. The minimum absolute atomic E-state index is 0.573. The molecule has 1 atom stereocenters. The average molecular weight is 415 g/mol. The van der Waals surface area contributed by atoms with Gasteiger partial charge in [0.15, 0.2) is 0 Å². The van der Waals surface area contributed by atoms with Crippen molar-refractivity contribution < 1.29 is 4.21 Å². The molecule has 0 aliphatic carbocycles. The van der Waals surface area contributed by atoms with E-state index in [1.165, 1.54) is 28.5 Å². The van der Waals surface area contributed by atoms with Crippen molar-refractivity contribution in [1.82, 2.24) is 0 Å². The molecule has 0 amide bonds. The van der Waals surface area contributed by atoms with Gasteiger partial charge in [-0.15, -0.1) is 4.36 Å². The van der Waals surface area contributed by atoms with E-state index < -0.39 is 9.73 Å². The van der Waals surface area contributed by atoms with E-state index in [-0.39, 0.29) is 0 Å². The van der Waals surface area contributed by atoms with Gasteiger partial charge in [-0.1, -0.05) is 86.1 Å². The fraction of sp³-hybridized carbons (Fsp3) is 0.192. The summed E-state index contributed by atoms with van der Waals surface area (Å²) < 4.78 is 16.2. The van der Waals surface area contributed by atoms with Crippen molar-refractivity contribution in [2.75, 3.05) is 6.26 Å². The summed E-state index contributed by atoms with van der Waals surface area (Å²) in [6.45, 7) is 2.20. The lowest BCUT2D eigenvalue weighted by Gasteiger charge is -2.18. The van der Waals surface area contributed by atoms with E-state index >= 15 is 0 Å².